The van der Waals surface area contributed by atoms with Crippen LogP contribution in [0.1, 0.15) is 16.1 Å². The number of carbonyl (C=O) groups is 1. The molecule has 9 heteroatoms. The highest BCUT2D eigenvalue weighted by molar-refractivity contribution is 7.89. The Morgan fingerprint density at radius 2 is 2.00 bits per heavy atom. The Balaban J connectivity index is 1.89. The Morgan fingerprint density at radius 3 is 2.52 bits per heavy atom. The van der Waals surface area contributed by atoms with Gasteiger partial charge in [-0.25, -0.2) is 23.3 Å². The number of benzene rings is 1. The van der Waals surface area contributed by atoms with Crippen molar-refractivity contribution >= 4 is 32.5 Å². The van der Waals surface area contributed by atoms with E-state index in [2.05, 4.69) is 10.3 Å². The molecule has 1 aromatic heterocycles. The molecule has 0 aliphatic carbocycles. The van der Waals surface area contributed by atoms with E-state index in [0.29, 0.717) is 18.1 Å². The maximum atomic E-state index is 11.1. The fourth-order valence-corrected chi connectivity index (χ4v) is 2.84. The number of nitrogens with zero attached hydrogens (tertiary/aromatic N) is 1. The second-order valence-corrected chi connectivity index (χ2v) is 6.63. The van der Waals surface area contributed by atoms with Gasteiger partial charge in [0.2, 0.25) is 10.0 Å². The zero-order valence-electron chi connectivity index (χ0n) is 10.8. The van der Waals surface area contributed by atoms with Crippen LogP contribution < -0.4 is 10.5 Å². The summed E-state index contributed by atoms with van der Waals surface area (Å²) >= 11 is 1.22. The molecule has 7 nitrogen and oxygen atoms in total. The number of aromatic carboxylic acids is 1. The molecule has 112 valence electrons. The van der Waals surface area contributed by atoms with Gasteiger partial charge >= 0.3 is 5.97 Å². The minimum atomic E-state index is -3.67. The normalized spacial score (nSPS) is 11.3. The molecule has 1 aromatic carbocycles. The van der Waals surface area contributed by atoms with Gasteiger partial charge in [0.1, 0.15) is 0 Å². The van der Waals surface area contributed by atoms with Crippen LogP contribution in [0.3, 0.4) is 0 Å². The van der Waals surface area contributed by atoms with Gasteiger partial charge in [0.15, 0.2) is 10.8 Å². The lowest BCUT2D eigenvalue weighted by molar-refractivity contribution is 0.0691. The van der Waals surface area contributed by atoms with Gasteiger partial charge < -0.3 is 10.4 Å². The summed E-state index contributed by atoms with van der Waals surface area (Å²) in [7, 11) is -3.67. The number of aromatic nitrogens is 1. The van der Waals surface area contributed by atoms with Crippen molar-refractivity contribution in [1.82, 2.24) is 4.98 Å². The van der Waals surface area contributed by atoms with Crippen LogP contribution in [0, 0.1) is 0 Å². The fraction of sp³-hybridized carbons (Fsp3) is 0.167. The molecule has 0 aliphatic heterocycles. The van der Waals surface area contributed by atoms with E-state index in [9.17, 15) is 13.2 Å². The Labute approximate surface area is 125 Å². The van der Waals surface area contributed by atoms with Gasteiger partial charge in [0.05, 0.1) is 4.90 Å². The molecule has 0 saturated heterocycles. The van der Waals surface area contributed by atoms with E-state index in [4.69, 9.17) is 10.2 Å². The standard InChI is InChI=1S/C12H13N3O4S2/c13-21(18,19)9-3-1-8(2-4-9)5-6-14-12-15-10(7-20-12)11(16)17/h1-4,7H,5-6H2,(H,14,15)(H,16,17)(H2,13,18,19). The largest absolute Gasteiger partial charge is 0.476 e. The minimum Gasteiger partial charge on any atom is -0.476 e. The predicted octanol–water partition coefficient (Wildman–Crippen LogP) is 1.14. The minimum absolute atomic E-state index is 0.0139. The quantitative estimate of drug-likeness (QED) is 0.731. The number of hydrogen-bond acceptors (Lipinski definition) is 6. The second kappa shape index (κ2) is 6.20. The summed E-state index contributed by atoms with van der Waals surface area (Å²) in [6.07, 6.45) is 0.646. The van der Waals surface area contributed by atoms with Gasteiger partial charge in [0, 0.05) is 11.9 Å². The number of primary sulfonamides is 1. The van der Waals surface area contributed by atoms with E-state index in [1.54, 1.807) is 12.1 Å². The summed E-state index contributed by atoms with van der Waals surface area (Å²) in [4.78, 5) is 14.7. The molecular weight excluding hydrogens is 314 g/mol. The Morgan fingerprint density at radius 1 is 1.33 bits per heavy atom. The van der Waals surface area contributed by atoms with Crippen LogP contribution >= 0.6 is 11.3 Å². The van der Waals surface area contributed by atoms with E-state index >= 15 is 0 Å². The Bertz CT molecular complexity index is 738. The lowest BCUT2D eigenvalue weighted by Gasteiger charge is -2.04. The van der Waals surface area contributed by atoms with Crippen LogP contribution in [0.25, 0.3) is 0 Å². The van der Waals surface area contributed by atoms with Gasteiger partial charge in [-0.3, -0.25) is 0 Å². The van der Waals surface area contributed by atoms with Gasteiger partial charge in [-0.15, -0.1) is 11.3 Å². The van der Waals surface area contributed by atoms with Crippen LogP contribution in [0.2, 0.25) is 0 Å². The number of carboxylic acids is 1. The highest BCUT2D eigenvalue weighted by Crippen LogP contribution is 2.15. The summed E-state index contributed by atoms with van der Waals surface area (Å²) in [6, 6.07) is 6.28. The van der Waals surface area contributed by atoms with E-state index in [1.807, 2.05) is 0 Å². The summed E-state index contributed by atoms with van der Waals surface area (Å²) in [6.45, 7) is 0.557. The van der Waals surface area contributed by atoms with Gasteiger partial charge in [-0.2, -0.15) is 0 Å². The third kappa shape index (κ3) is 4.25. The average molecular weight is 327 g/mol. The Kier molecular flexibility index (Phi) is 4.56. The third-order valence-corrected chi connectivity index (χ3v) is 4.39. The molecule has 4 N–H and O–H groups in total. The van der Waals surface area contributed by atoms with Crippen LogP contribution in [0.5, 0.6) is 0 Å². The number of anilines is 1. The number of rotatable bonds is 6. The molecule has 0 amide bonds. The van der Waals surface area contributed by atoms with Gasteiger partial charge in [-0.1, -0.05) is 12.1 Å². The van der Waals surface area contributed by atoms with Crippen molar-refractivity contribution in [3.8, 4) is 0 Å². The molecule has 1 heterocycles. The molecule has 21 heavy (non-hydrogen) atoms. The van der Waals surface area contributed by atoms with E-state index in [0.717, 1.165) is 5.56 Å². The first-order chi connectivity index (χ1) is 9.86. The van der Waals surface area contributed by atoms with E-state index in [-0.39, 0.29) is 10.6 Å². The monoisotopic (exact) mass is 327 g/mol. The first kappa shape index (κ1) is 15.4. The van der Waals surface area contributed by atoms with E-state index in [1.165, 1.54) is 28.8 Å². The maximum Gasteiger partial charge on any atom is 0.355 e. The van der Waals surface area contributed by atoms with Crippen molar-refractivity contribution in [3.05, 3.63) is 40.9 Å². The van der Waals surface area contributed by atoms with Crippen LogP contribution in [-0.4, -0.2) is 31.0 Å². The zero-order chi connectivity index (χ0) is 15.5. The van der Waals surface area contributed by atoms with Crippen molar-refractivity contribution in [1.29, 1.82) is 0 Å². The first-order valence-corrected chi connectivity index (χ1v) is 8.33. The molecule has 0 spiro atoms. The highest BCUT2D eigenvalue weighted by atomic mass is 32.2. The highest BCUT2D eigenvalue weighted by Gasteiger charge is 2.08. The van der Waals surface area contributed by atoms with Crippen LogP contribution in [-0.2, 0) is 16.4 Å². The van der Waals surface area contributed by atoms with Crippen LogP contribution in [0.15, 0.2) is 34.5 Å². The lowest BCUT2D eigenvalue weighted by Crippen LogP contribution is -2.12. The lowest BCUT2D eigenvalue weighted by atomic mass is 10.1. The molecule has 2 aromatic rings. The first-order valence-electron chi connectivity index (χ1n) is 5.91. The molecule has 0 bridgehead atoms. The number of nitrogens with one attached hydrogen (secondary N) is 1. The van der Waals surface area contributed by atoms with Crippen LogP contribution in [0.4, 0.5) is 5.13 Å². The molecule has 0 saturated carbocycles. The van der Waals surface area contributed by atoms with Crippen molar-refractivity contribution < 1.29 is 18.3 Å². The number of carboxylic acid groups (broad SMARTS) is 1. The molecule has 0 fully saturated rings. The molecule has 0 radical (unpaired) electrons. The third-order valence-electron chi connectivity index (χ3n) is 2.67. The van der Waals surface area contributed by atoms with Crippen molar-refractivity contribution in [2.45, 2.75) is 11.3 Å². The molecule has 0 atom stereocenters. The molecular formula is C12H13N3O4S2. The average Bonchev–Trinajstić information content (AvgIpc) is 2.87. The summed E-state index contributed by atoms with van der Waals surface area (Å²) in [5, 5.41) is 18.8. The van der Waals surface area contributed by atoms with Crippen molar-refractivity contribution in [3.63, 3.8) is 0 Å². The topological polar surface area (TPSA) is 122 Å². The number of hydrogen-bond donors (Lipinski definition) is 3. The summed E-state index contributed by atoms with van der Waals surface area (Å²) in [5.74, 6) is -1.06. The summed E-state index contributed by atoms with van der Waals surface area (Å²) in [5.41, 5.74) is 0.949. The number of thiazole rings is 1. The molecule has 0 unspecified atom stereocenters. The fourth-order valence-electron chi connectivity index (χ4n) is 1.61. The Hall–Kier alpha value is -1.97. The SMILES string of the molecule is NS(=O)(=O)c1ccc(CCNc2nc(C(=O)O)cs2)cc1. The van der Waals surface area contributed by atoms with Crippen molar-refractivity contribution in [2.75, 3.05) is 11.9 Å². The molecule has 0 aliphatic rings. The van der Waals surface area contributed by atoms with E-state index < -0.39 is 16.0 Å². The van der Waals surface area contributed by atoms with Gasteiger partial charge in [-0.05, 0) is 24.1 Å². The molecule has 2 rings (SSSR count). The second-order valence-electron chi connectivity index (χ2n) is 4.21. The van der Waals surface area contributed by atoms with Crippen molar-refractivity contribution in [2.24, 2.45) is 5.14 Å². The summed E-state index contributed by atoms with van der Waals surface area (Å²) < 4.78 is 22.2. The van der Waals surface area contributed by atoms with Gasteiger partial charge in [0.25, 0.3) is 0 Å². The smallest absolute Gasteiger partial charge is 0.355 e. The maximum absolute atomic E-state index is 11.1. The number of sulfonamides is 1. The zero-order valence-corrected chi connectivity index (χ0v) is 12.4. The number of nitrogens with two attached hydrogens (primary N) is 1. The predicted molar refractivity (Wildman–Crippen MR) is 79.1 cm³/mol.